The van der Waals surface area contributed by atoms with E-state index in [-0.39, 0.29) is 0 Å². The van der Waals surface area contributed by atoms with Crippen LogP contribution in [0, 0.1) is 0 Å². The van der Waals surface area contributed by atoms with Gasteiger partial charge in [-0.1, -0.05) is 36.4 Å². The molecule has 0 bridgehead atoms. The minimum atomic E-state index is -3.52. The van der Waals surface area contributed by atoms with Crippen molar-refractivity contribution in [2.24, 2.45) is 4.99 Å². The van der Waals surface area contributed by atoms with Crippen molar-refractivity contribution in [3.63, 3.8) is 0 Å². The first-order chi connectivity index (χ1) is 15.6. The Bertz CT molecular complexity index is 1440. The number of aliphatic imine (C=N–C) groups is 1. The molecule has 6 heteroatoms. The van der Waals surface area contributed by atoms with Gasteiger partial charge in [0.15, 0.2) is 0 Å². The fraction of sp³-hybridized carbons (Fsp3) is 0.192. The van der Waals surface area contributed by atoms with Gasteiger partial charge in [0.25, 0.3) is 10.0 Å². The largest absolute Gasteiger partial charge is 0.361 e. The highest BCUT2D eigenvalue weighted by Crippen LogP contribution is 2.45. The lowest BCUT2D eigenvalue weighted by Gasteiger charge is -2.19. The Morgan fingerprint density at radius 3 is 2.75 bits per heavy atom. The van der Waals surface area contributed by atoms with Gasteiger partial charge in [0.1, 0.15) is 0 Å². The minimum absolute atomic E-state index is 0.292. The lowest BCUT2D eigenvalue weighted by Crippen LogP contribution is -2.29. The number of hydrogen-bond donors (Lipinski definition) is 1. The van der Waals surface area contributed by atoms with Crippen LogP contribution in [0.5, 0.6) is 0 Å². The maximum Gasteiger partial charge on any atom is 0.264 e. The van der Waals surface area contributed by atoms with E-state index in [4.69, 9.17) is 4.99 Å². The fourth-order valence-electron chi connectivity index (χ4n) is 4.63. The van der Waals surface area contributed by atoms with E-state index in [2.05, 4.69) is 41.4 Å². The molecule has 6 rings (SSSR count). The highest BCUT2D eigenvalue weighted by atomic mass is 32.2. The van der Waals surface area contributed by atoms with Gasteiger partial charge in [0.2, 0.25) is 0 Å². The van der Waals surface area contributed by atoms with Crippen molar-refractivity contribution in [3.8, 4) is 0 Å². The molecule has 0 radical (unpaired) electrons. The molecular weight excluding hydrogens is 418 g/mol. The summed E-state index contributed by atoms with van der Waals surface area (Å²) in [6, 6.07) is 23.5. The van der Waals surface area contributed by atoms with Gasteiger partial charge >= 0.3 is 0 Å². The number of nitrogens with one attached hydrogen (secondary N) is 1. The van der Waals surface area contributed by atoms with Crippen molar-refractivity contribution >= 4 is 32.8 Å². The zero-order valence-corrected chi connectivity index (χ0v) is 18.3. The summed E-state index contributed by atoms with van der Waals surface area (Å²) in [7, 11) is -3.52. The molecule has 5 nitrogen and oxygen atoms in total. The summed E-state index contributed by atoms with van der Waals surface area (Å²) in [6.07, 6.45) is 5.70. The monoisotopic (exact) mass is 441 g/mol. The maximum absolute atomic E-state index is 13.1. The van der Waals surface area contributed by atoms with Gasteiger partial charge in [0, 0.05) is 30.4 Å². The number of aromatic nitrogens is 1. The van der Waals surface area contributed by atoms with Gasteiger partial charge < -0.3 is 4.98 Å². The number of nitrogens with zero attached hydrogens (tertiary/aromatic N) is 2. The second-order valence-corrected chi connectivity index (χ2v) is 10.4. The molecule has 1 aliphatic heterocycles. The molecule has 3 aromatic carbocycles. The van der Waals surface area contributed by atoms with Gasteiger partial charge in [-0.25, -0.2) is 8.42 Å². The smallest absolute Gasteiger partial charge is 0.264 e. The van der Waals surface area contributed by atoms with Crippen molar-refractivity contribution < 1.29 is 8.42 Å². The van der Waals surface area contributed by atoms with Crippen LogP contribution in [0.2, 0.25) is 0 Å². The predicted octanol–water partition coefficient (Wildman–Crippen LogP) is 4.89. The van der Waals surface area contributed by atoms with E-state index in [9.17, 15) is 8.42 Å². The quantitative estimate of drug-likeness (QED) is 0.448. The molecule has 4 aromatic rings. The number of rotatable bonds is 5. The van der Waals surface area contributed by atoms with Gasteiger partial charge in [-0.05, 0) is 71.3 Å². The van der Waals surface area contributed by atoms with E-state index in [0.29, 0.717) is 23.4 Å². The average molecular weight is 442 g/mol. The number of anilines is 1. The SMILES string of the molecule is O=S(=O)(c1ccccc1)N1CCc2cc(C3CC3/N=C/c3ccc4[nH]ccc4c3)ccc21. The number of sulfonamides is 1. The van der Waals surface area contributed by atoms with Gasteiger partial charge in [0.05, 0.1) is 16.6 Å². The Morgan fingerprint density at radius 2 is 1.88 bits per heavy atom. The van der Waals surface area contributed by atoms with Crippen molar-refractivity contribution in [2.75, 3.05) is 10.8 Å². The molecule has 32 heavy (non-hydrogen) atoms. The second kappa shape index (κ2) is 7.35. The molecule has 1 saturated carbocycles. The highest BCUT2D eigenvalue weighted by molar-refractivity contribution is 7.92. The second-order valence-electron chi connectivity index (χ2n) is 8.54. The zero-order chi connectivity index (χ0) is 21.7. The van der Waals surface area contributed by atoms with Crippen LogP contribution in [0.3, 0.4) is 0 Å². The molecule has 0 spiro atoms. The first-order valence-corrected chi connectivity index (χ1v) is 12.3. The number of H-pyrrole nitrogens is 1. The van der Waals surface area contributed by atoms with Gasteiger partial charge in [-0.2, -0.15) is 0 Å². The molecular formula is C26H23N3O2S. The minimum Gasteiger partial charge on any atom is -0.361 e. The number of hydrogen-bond acceptors (Lipinski definition) is 3. The molecule has 160 valence electrons. The summed E-state index contributed by atoms with van der Waals surface area (Å²) < 4.78 is 27.7. The van der Waals surface area contributed by atoms with Gasteiger partial charge in [-0.15, -0.1) is 0 Å². The summed E-state index contributed by atoms with van der Waals surface area (Å²) in [5.41, 5.74) is 5.41. The van der Waals surface area contributed by atoms with Crippen LogP contribution in [-0.2, 0) is 16.4 Å². The normalized spacial score (nSPS) is 20.2. The highest BCUT2D eigenvalue weighted by Gasteiger charge is 2.39. The van der Waals surface area contributed by atoms with Crippen LogP contribution in [0.1, 0.15) is 29.0 Å². The summed E-state index contributed by atoms with van der Waals surface area (Å²) >= 11 is 0. The maximum atomic E-state index is 13.1. The molecule has 2 atom stereocenters. The van der Waals surface area contributed by atoms with Crippen LogP contribution in [0.15, 0.2) is 88.9 Å². The van der Waals surface area contributed by atoms with E-state index < -0.39 is 10.0 Å². The van der Waals surface area contributed by atoms with E-state index in [1.165, 1.54) is 10.9 Å². The van der Waals surface area contributed by atoms with E-state index >= 15 is 0 Å². The Kier molecular flexibility index (Phi) is 4.43. The van der Waals surface area contributed by atoms with E-state index in [1.807, 2.05) is 24.5 Å². The summed E-state index contributed by atoms with van der Waals surface area (Å²) in [5.74, 6) is 0.410. The number of fused-ring (bicyclic) bond motifs is 2. The van der Waals surface area contributed by atoms with Crippen LogP contribution < -0.4 is 4.31 Å². The van der Waals surface area contributed by atoms with Crippen LogP contribution in [0.25, 0.3) is 10.9 Å². The molecule has 1 aromatic heterocycles. The predicted molar refractivity (Wildman–Crippen MR) is 128 cm³/mol. The van der Waals surface area contributed by atoms with Crippen molar-refractivity contribution in [1.82, 2.24) is 4.98 Å². The average Bonchev–Trinajstić information content (AvgIpc) is 3.23. The molecule has 1 fully saturated rings. The fourth-order valence-corrected chi connectivity index (χ4v) is 6.15. The Labute approximate surface area is 187 Å². The first kappa shape index (κ1) is 19.3. The lowest BCUT2D eigenvalue weighted by atomic mass is 10.0. The number of aromatic amines is 1. The Balaban J connectivity index is 1.19. The Morgan fingerprint density at radius 1 is 1.00 bits per heavy atom. The third-order valence-electron chi connectivity index (χ3n) is 6.47. The van der Waals surface area contributed by atoms with Crippen molar-refractivity contribution in [3.05, 3.63) is 95.7 Å². The van der Waals surface area contributed by atoms with Crippen LogP contribution in [0.4, 0.5) is 5.69 Å². The van der Waals surface area contributed by atoms with Crippen LogP contribution in [-0.4, -0.2) is 32.2 Å². The topological polar surface area (TPSA) is 65.5 Å². The summed E-state index contributed by atoms with van der Waals surface area (Å²) in [6.45, 7) is 0.490. The first-order valence-electron chi connectivity index (χ1n) is 10.9. The molecule has 0 saturated heterocycles. The third-order valence-corrected chi connectivity index (χ3v) is 8.29. The lowest BCUT2D eigenvalue weighted by molar-refractivity contribution is 0.592. The van der Waals surface area contributed by atoms with Crippen LogP contribution >= 0.6 is 0 Å². The zero-order valence-electron chi connectivity index (χ0n) is 17.5. The van der Waals surface area contributed by atoms with Gasteiger partial charge in [-0.3, -0.25) is 9.30 Å². The molecule has 1 N–H and O–H groups in total. The molecule has 2 heterocycles. The standard InChI is InChI=1S/C26H23N3O2S/c30-32(31,22-4-2-1-3-5-22)29-13-11-21-15-19(7-9-26(21)29)23-16-25(23)28-17-18-6-8-24-20(14-18)10-12-27-24/h1-10,12,14-15,17,23,25,27H,11,13,16H2/b28-17+. The summed E-state index contributed by atoms with van der Waals surface area (Å²) in [5, 5.41) is 1.19. The van der Waals surface area contributed by atoms with Crippen molar-refractivity contribution in [2.45, 2.75) is 29.7 Å². The molecule has 2 aliphatic rings. The van der Waals surface area contributed by atoms with Crippen molar-refractivity contribution in [1.29, 1.82) is 0 Å². The molecule has 1 aliphatic carbocycles. The molecule has 0 amide bonds. The van der Waals surface area contributed by atoms with E-state index in [0.717, 1.165) is 35.2 Å². The summed E-state index contributed by atoms with van der Waals surface area (Å²) in [4.78, 5) is 8.35. The Hall–Kier alpha value is -3.38. The van der Waals surface area contributed by atoms with E-state index in [1.54, 1.807) is 28.6 Å². The number of benzene rings is 3. The molecule has 2 unspecified atom stereocenters. The third kappa shape index (κ3) is 3.31.